The van der Waals surface area contributed by atoms with Gasteiger partial charge in [0.2, 0.25) is 0 Å². The van der Waals surface area contributed by atoms with Gasteiger partial charge < -0.3 is 5.11 Å². The van der Waals surface area contributed by atoms with E-state index in [0.29, 0.717) is 11.0 Å². The van der Waals surface area contributed by atoms with E-state index in [9.17, 15) is 9.90 Å². The lowest BCUT2D eigenvalue weighted by Gasteiger charge is -2.31. The molecule has 0 aromatic rings. The molecule has 1 aliphatic carbocycles. The average molecular weight is 259 g/mol. The molecular formula is C13H25NO2S. The fourth-order valence-electron chi connectivity index (χ4n) is 2.32. The molecule has 17 heavy (non-hydrogen) atoms. The molecule has 0 saturated heterocycles. The molecule has 0 aromatic heterocycles. The summed E-state index contributed by atoms with van der Waals surface area (Å²) >= 11 is 1.83. The van der Waals surface area contributed by atoms with Crippen molar-refractivity contribution in [2.24, 2.45) is 0 Å². The van der Waals surface area contributed by atoms with Crippen LogP contribution in [0, 0.1) is 0 Å². The van der Waals surface area contributed by atoms with Gasteiger partial charge in [0.15, 0.2) is 0 Å². The van der Waals surface area contributed by atoms with Crippen LogP contribution in [0.4, 0.5) is 0 Å². The summed E-state index contributed by atoms with van der Waals surface area (Å²) in [5, 5.41) is 13.2. The number of nitrogens with one attached hydrogen (secondary N) is 1. The van der Waals surface area contributed by atoms with Crippen LogP contribution in [0.5, 0.6) is 0 Å². The number of aliphatic carboxylic acids is 1. The maximum atomic E-state index is 11.4. The second kappa shape index (κ2) is 6.64. The van der Waals surface area contributed by atoms with Crippen molar-refractivity contribution in [3.63, 3.8) is 0 Å². The molecule has 0 bridgehead atoms. The van der Waals surface area contributed by atoms with Crippen LogP contribution in [0.1, 0.15) is 52.9 Å². The Kier molecular flexibility index (Phi) is 5.80. The summed E-state index contributed by atoms with van der Waals surface area (Å²) in [5.74, 6) is -0.0833. The predicted molar refractivity (Wildman–Crippen MR) is 73.6 cm³/mol. The van der Waals surface area contributed by atoms with Crippen LogP contribution in [0.2, 0.25) is 0 Å². The predicted octanol–water partition coefficient (Wildman–Crippen LogP) is 2.89. The minimum Gasteiger partial charge on any atom is -0.480 e. The van der Waals surface area contributed by atoms with Gasteiger partial charge in [0.25, 0.3) is 0 Å². The SMILES string of the molecule is CC(C)NC(C)(CSC1CCCCC1)C(=O)O. The van der Waals surface area contributed by atoms with E-state index in [4.69, 9.17) is 0 Å². The first-order valence-corrected chi connectivity index (χ1v) is 7.61. The number of rotatable bonds is 6. The second-order valence-corrected chi connectivity index (χ2v) is 6.80. The molecule has 3 nitrogen and oxygen atoms in total. The van der Waals surface area contributed by atoms with E-state index in [1.54, 1.807) is 6.92 Å². The quantitative estimate of drug-likeness (QED) is 0.770. The molecule has 1 rings (SSSR count). The summed E-state index contributed by atoms with van der Waals surface area (Å²) in [6.45, 7) is 5.78. The number of hydrogen-bond donors (Lipinski definition) is 2. The van der Waals surface area contributed by atoms with Crippen molar-refractivity contribution in [1.29, 1.82) is 0 Å². The number of carboxylic acid groups (broad SMARTS) is 1. The highest BCUT2D eigenvalue weighted by atomic mass is 32.2. The maximum Gasteiger partial charge on any atom is 0.324 e. The van der Waals surface area contributed by atoms with Crippen molar-refractivity contribution in [1.82, 2.24) is 5.32 Å². The van der Waals surface area contributed by atoms with Crippen molar-refractivity contribution in [3.05, 3.63) is 0 Å². The molecule has 0 aliphatic heterocycles. The van der Waals surface area contributed by atoms with E-state index >= 15 is 0 Å². The van der Waals surface area contributed by atoms with E-state index in [-0.39, 0.29) is 6.04 Å². The zero-order valence-electron chi connectivity index (χ0n) is 11.2. The molecule has 2 N–H and O–H groups in total. The fourth-order valence-corrected chi connectivity index (χ4v) is 3.76. The van der Waals surface area contributed by atoms with Crippen LogP contribution in [0.15, 0.2) is 0 Å². The van der Waals surface area contributed by atoms with Gasteiger partial charge in [-0.15, -0.1) is 0 Å². The Bertz CT molecular complexity index is 252. The van der Waals surface area contributed by atoms with E-state index in [1.807, 2.05) is 25.6 Å². The Hall–Kier alpha value is -0.220. The van der Waals surface area contributed by atoms with Crippen LogP contribution >= 0.6 is 11.8 Å². The molecule has 0 heterocycles. The van der Waals surface area contributed by atoms with Crippen molar-refractivity contribution >= 4 is 17.7 Å². The van der Waals surface area contributed by atoms with Crippen LogP contribution in [0.3, 0.4) is 0 Å². The Morgan fingerprint density at radius 2 is 2.00 bits per heavy atom. The summed E-state index contributed by atoms with van der Waals surface area (Å²) in [6.07, 6.45) is 6.46. The van der Waals surface area contributed by atoms with Gasteiger partial charge in [-0.05, 0) is 33.6 Å². The second-order valence-electron chi connectivity index (χ2n) is 5.51. The lowest BCUT2D eigenvalue weighted by atomic mass is 10.0. The van der Waals surface area contributed by atoms with Crippen molar-refractivity contribution in [2.75, 3.05) is 5.75 Å². The van der Waals surface area contributed by atoms with E-state index < -0.39 is 11.5 Å². The van der Waals surface area contributed by atoms with Crippen molar-refractivity contribution in [2.45, 2.75) is 69.7 Å². The van der Waals surface area contributed by atoms with Gasteiger partial charge in [0, 0.05) is 17.0 Å². The third-order valence-corrected chi connectivity index (χ3v) is 4.93. The van der Waals surface area contributed by atoms with Gasteiger partial charge in [-0.1, -0.05) is 19.3 Å². The first-order chi connectivity index (χ1) is 7.94. The monoisotopic (exact) mass is 259 g/mol. The Morgan fingerprint density at radius 3 is 2.47 bits per heavy atom. The molecule has 1 atom stereocenters. The molecule has 4 heteroatoms. The van der Waals surface area contributed by atoms with Crippen LogP contribution in [0.25, 0.3) is 0 Å². The summed E-state index contributed by atoms with van der Waals surface area (Å²) in [7, 11) is 0. The molecular weight excluding hydrogens is 234 g/mol. The number of carboxylic acids is 1. The van der Waals surface area contributed by atoms with Gasteiger partial charge in [-0.25, -0.2) is 0 Å². The third kappa shape index (κ3) is 4.88. The average Bonchev–Trinajstić information content (AvgIpc) is 2.27. The summed E-state index contributed by atoms with van der Waals surface area (Å²) in [5.41, 5.74) is -0.795. The highest BCUT2D eigenvalue weighted by Crippen LogP contribution is 2.30. The number of hydrogen-bond acceptors (Lipinski definition) is 3. The lowest BCUT2D eigenvalue weighted by Crippen LogP contribution is -2.54. The standard InChI is InChI=1S/C13H25NO2S/c1-10(2)14-13(3,12(15)16)9-17-11-7-5-4-6-8-11/h10-11,14H,4-9H2,1-3H3,(H,15,16). The Labute approximate surface area is 109 Å². The third-order valence-electron chi connectivity index (χ3n) is 3.24. The Balaban J connectivity index is 2.45. The topological polar surface area (TPSA) is 49.3 Å². The minimum absolute atomic E-state index is 0.197. The van der Waals surface area contributed by atoms with Crippen molar-refractivity contribution in [3.8, 4) is 0 Å². The van der Waals surface area contributed by atoms with Gasteiger partial charge in [0.1, 0.15) is 5.54 Å². The fraction of sp³-hybridized carbons (Fsp3) is 0.923. The molecule has 0 aromatic carbocycles. The largest absolute Gasteiger partial charge is 0.480 e. The van der Waals surface area contributed by atoms with Crippen LogP contribution in [-0.2, 0) is 4.79 Å². The summed E-state index contributed by atoms with van der Waals surface area (Å²) < 4.78 is 0. The molecule has 1 unspecified atom stereocenters. The first kappa shape index (κ1) is 14.8. The zero-order chi connectivity index (χ0) is 12.9. The van der Waals surface area contributed by atoms with Gasteiger partial charge in [0.05, 0.1) is 0 Å². The maximum absolute atomic E-state index is 11.4. The van der Waals surface area contributed by atoms with Crippen LogP contribution in [-0.4, -0.2) is 33.7 Å². The molecule has 1 fully saturated rings. The first-order valence-electron chi connectivity index (χ1n) is 6.57. The highest BCUT2D eigenvalue weighted by Gasteiger charge is 2.34. The number of thioether (sulfide) groups is 1. The Morgan fingerprint density at radius 1 is 1.41 bits per heavy atom. The molecule has 0 radical (unpaired) electrons. The molecule has 0 spiro atoms. The molecule has 1 aliphatic rings. The van der Waals surface area contributed by atoms with Gasteiger partial charge >= 0.3 is 5.97 Å². The molecule has 0 amide bonds. The van der Waals surface area contributed by atoms with E-state index in [2.05, 4.69) is 5.32 Å². The number of carbonyl (C=O) groups is 1. The van der Waals surface area contributed by atoms with Crippen LogP contribution < -0.4 is 5.32 Å². The zero-order valence-corrected chi connectivity index (χ0v) is 12.0. The lowest BCUT2D eigenvalue weighted by molar-refractivity contribution is -0.143. The summed E-state index contributed by atoms with van der Waals surface area (Å²) in [6, 6.07) is 0.197. The minimum atomic E-state index is -0.795. The smallest absolute Gasteiger partial charge is 0.324 e. The molecule has 100 valence electrons. The van der Waals surface area contributed by atoms with Crippen molar-refractivity contribution < 1.29 is 9.90 Å². The van der Waals surface area contributed by atoms with E-state index in [0.717, 1.165) is 0 Å². The normalized spacial score (nSPS) is 21.4. The van der Waals surface area contributed by atoms with E-state index in [1.165, 1.54) is 32.1 Å². The highest BCUT2D eigenvalue weighted by molar-refractivity contribution is 8.00. The molecule has 1 saturated carbocycles. The summed E-state index contributed by atoms with van der Waals surface area (Å²) in [4.78, 5) is 11.4. The van der Waals surface area contributed by atoms with Gasteiger partial charge in [-0.3, -0.25) is 10.1 Å². The van der Waals surface area contributed by atoms with Gasteiger partial charge in [-0.2, -0.15) is 11.8 Å².